The summed E-state index contributed by atoms with van der Waals surface area (Å²) < 4.78 is 53.7. The van der Waals surface area contributed by atoms with Gasteiger partial charge in [0.2, 0.25) is 5.91 Å². The van der Waals surface area contributed by atoms with E-state index >= 15 is 0 Å². The van der Waals surface area contributed by atoms with Crippen molar-refractivity contribution >= 4 is 34.7 Å². The number of rotatable bonds is 25. The van der Waals surface area contributed by atoms with Gasteiger partial charge >= 0.3 is 23.1 Å². The van der Waals surface area contributed by atoms with Gasteiger partial charge in [-0.2, -0.15) is 0 Å². The third kappa shape index (κ3) is 21.8. The maximum Gasteiger partial charge on any atom is 2.00 e. The van der Waals surface area contributed by atoms with Gasteiger partial charge in [-0.1, -0.05) is 23.3 Å². The first-order valence-corrected chi connectivity index (χ1v) is 17.8. The van der Waals surface area contributed by atoms with Crippen LogP contribution in [0.3, 0.4) is 0 Å². The molecule has 0 radical (unpaired) electrons. The van der Waals surface area contributed by atoms with Gasteiger partial charge < -0.3 is 71.8 Å². The first kappa shape index (κ1) is 59.2. The van der Waals surface area contributed by atoms with Crippen LogP contribution < -0.4 is 45.4 Å². The number of carbonyl (C=O) groups excluding carboxylic acids is 2. The zero-order valence-electron chi connectivity index (χ0n) is 37.1. The van der Waals surface area contributed by atoms with Crippen molar-refractivity contribution in [3.63, 3.8) is 0 Å². The van der Waals surface area contributed by atoms with Crippen LogP contribution in [0.1, 0.15) is 58.6 Å². The Labute approximate surface area is 373 Å². The summed E-state index contributed by atoms with van der Waals surface area (Å²) in [7, 11) is 12.4. The summed E-state index contributed by atoms with van der Waals surface area (Å²) in [5.74, 6) is 2.76. The molecule has 0 saturated heterocycles. The molecule has 2 rings (SSSR count). The molecule has 0 N–H and O–H groups in total. The summed E-state index contributed by atoms with van der Waals surface area (Å²) in [5.41, 5.74) is 3.83. The molecule has 0 aliphatic rings. The minimum absolute atomic E-state index is 0. The molecule has 58 heavy (non-hydrogen) atoms. The van der Waals surface area contributed by atoms with E-state index in [1.165, 1.54) is 32.0 Å². The number of carbonyl (C=O) groups is 2. The molecule has 0 aliphatic carbocycles. The topological polar surface area (TPSA) is 139 Å². The molecular formula is C42H66BrMgNO13. The number of ketones is 1. The van der Waals surface area contributed by atoms with Crippen LogP contribution in [-0.4, -0.2) is 124 Å². The average molecular weight is 897 g/mol. The Bertz CT molecular complexity index is 1460. The molecular weight excluding hydrogens is 831 g/mol. The van der Waals surface area contributed by atoms with Gasteiger partial charge in [-0.05, 0) is 60.3 Å². The quantitative estimate of drug-likeness (QED) is 0.0467. The molecule has 2 unspecified atom stereocenters. The van der Waals surface area contributed by atoms with Gasteiger partial charge in [0.25, 0.3) is 0 Å². The zero-order valence-corrected chi connectivity index (χ0v) is 40.1. The van der Waals surface area contributed by atoms with Crippen molar-refractivity contribution in [1.82, 2.24) is 5.06 Å². The molecule has 0 fully saturated rings. The number of nitrogens with zero attached hydrogens (tertiary/aromatic N) is 1. The summed E-state index contributed by atoms with van der Waals surface area (Å²) in [4.78, 5) is 30.1. The van der Waals surface area contributed by atoms with Crippen LogP contribution in [0.5, 0.6) is 34.5 Å². The minimum Gasteiger partial charge on any atom is -1.00 e. The van der Waals surface area contributed by atoms with Crippen LogP contribution in [0.4, 0.5) is 0 Å². The SMILES string of the molecule is COCOc1cc(OC)cc(OCOC)c1CC(CC=C(C)C)C(=O)N(C)OC.COCOc1cc(OC)cc(OCOC)c1CC(CC=C(C)C)C(C)=O.[Br-].[CH3-].[Mg+2]. The number of amides is 1. The van der Waals surface area contributed by atoms with Gasteiger partial charge in [0, 0.05) is 82.7 Å². The first-order chi connectivity index (χ1) is 26.3. The van der Waals surface area contributed by atoms with E-state index in [-0.39, 0.29) is 98.2 Å². The molecule has 2 aromatic rings. The van der Waals surface area contributed by atoms with Crippen molar-refractivity contribution in [2.45, 2.75) is 60.3 Å². The molecule has 2 atom stereocenters. The zero-order chi connectivity index (χ0) is 41.3. The number of halogens is 1. The van der Waals surface area contributed by atoms with Crippen molar-refractivity contribution in [2.75, 3.05) is 84.0 Å². The van der Waals surface area contributed by atoms with Gasteiger partial charge in [0.05, 0.1) is 21.3 Å². The predicted octanol–water partition coefficient (Wildman–Crippen LogP) is 4.03. The maximum atomic E-state index is 12.9. The summed E-state index contributed by atoms with van der Waals surface area (Å²) in [6, 6.07) is 7.03. The molecule has 326 valence electrons. The smallest absolute Gasteiger partial charge is 1.00 e. The number of methoxy groups -OCH3 is 6. The largest absolute Gasteiger partial charge is 2.00 e. The van der Waals surface area contributed by atoms with E-state index in [0.717, 1.165) is 16.7 Å². The number of hydrogen-bond acceptors (Lipinski definition) is 13. The van der Waals surface area contributed by atoms with Crippen LogP contribution in [0.15, 0.2) is 47.6 Å². The molecule has 0 saturated carbocycles. The fourth-order valence-corrected chi connectivity index (χ4v) is 5.09. The van der Waals surface area contributed by atoms with Gasteiger partial charge in [-0.25, -0.2) is 5.06 Å². The van der Waals surface area contributed by atoms with Crippen LogP contribution in [-0.2, 0) is 46.2 Å². The fourth-order valence-electron chi connectivity index (χ4n) is 5.09. The van der Waals surface area contributed by atoms with Gasteiger partial charge in [0.1, 0.15) is 40.3 Å². The second-order valence-corrected chi connectivity index (χ2v) is 12.9. The Kier molecular flexibility index (Phi) is 34.4. The van der Waals surface area contributed by atoms with Crippen LogP contribution in [0, 0.1) is 19.3 Å². The van der Waals surface area contributed by atoms with Crippen LogP contribution in [0.2, 0.25) is 0 Å². The molecule has 0 heterocycles. The maximum absolute atomic E-state index is 12.9. The Balaban J connectivity index is -0.000000997. The number of allylic oxidation sites excluding steroid dienone is 4. The Morgan fingerprint density at radius 2 is 0.897 bits per heavy atom. The van der Waals surface area contributed by atoms with E-state index in [4.69, 9.17) is 52.2 Å². The van der Waals surface area contributed by atoms with Crippen molar-refractivity contribution in [2.24, 2.45) is 11.8 Å². The van der Waals surface area contributed by atoms with E-state index in [9.17, 15) is 9.59 Å². The van der Waals surface area contributed by atoms with E-state index in [1.54, 1.807) is 66.7 Å². The van der Waals surface area contributed by atoms with Crippen molar-refractivity contribution in [3.8, 4) is 34.5 Å². The van der Waals surface area contributed by atoms with E-state index < -0.39 is 0 Å². The molecule has 14 nitrogen and oxygen atoms in total. The number of hydroxylamine groups is 2. The Morgan fingerprint density at radius 1 is 0.586 bits per heavy atom. The van der Waals surface area contributed by atoms with E-state index in [0.29, 0.717) is 60.2 Å². The summed E-state index contributed by atoms with van der Waals surface area (Å²) >= 11 is 0. The summed E-state index contributed by atoms with van der Waals surface area (Å²) in [5, 5.41) is 1.23. The second kappa shape index (κ2) is 33.7. The average Bonchev–Trinajstić information content (AvgIpc) is 3.17. The fraction of sp³-hybridized carbons (Fsp3) is 0.548. The minimum atomic E-state index is -0.377. The first-order valence-electron chi connectivity index (χ1n) is 17.8. The molecule has 0 spiro atoms. The normalized spacial score (nSPS) is 11.0. The number of hydrogen-bond donors (Lipinski definition) is 0. The van der Waals surface area contributed by atoms with E-state index in [1.807, 2.05) is 33.8 Å². The van der Waals surface area contributed by atoms with Crippen LogP contribution in [0.25, 0.3) is 0 Å². The molecule has 1 amide bonds. The van der Waals surface area contributed by atoms with E-state index in [2.05, 4.69) is 6.08 Å². The molecule has 0 aromatic heterocycles. The number of ether oxygens (including phenoxy) is 10. The van der Waals surface area contributed by atoms with Crippen LogP contribution >= 0.6 is 0 Å². The molecule has 2 aromatic carbocycles. The summed E-state index contributed by atoms with van der Waals surface area (Å²) in [6.07, 6.45) is 6.17. The summed E-state index contributed by atoms with van der Waals surface area (Å²) in [6.45, 7) is 9.91. The standard InChI is InChI=1S/C21H33NO7.C20H30O6.CH3.BrH.Mg/c1-15(2)8-9-16(21(23)22(3)27-7)10-18-19(28-13-24-4)11-17(26-6)12-20(18)29-14-25-5;1-14(2)7-8-16(15(3)21)9-18-19(25-12-22-4)10-17(24-6)11-20(18)26-13-23-5;;;/h8,11-12,16H,9-10,13-14H2,1-7H3;7,10-11,16H,8-9,12-13H2,1-6H3;1H3;1H;/q;;-1;;+2/p-1. The van der Waals surface area contributed by atoms with Gasteiger partial charge in [-0.15, -0.1) is 0 Å². The van der Waals surface area contributed by atoms with Crippen molar-refractivity contribution < 1.29 is 78.8 Å². The Hall–Kier alpha value is -3.09. The number of benzene rings is 2. The monoisotopic (exact) mass is 895 g/mol. The molecule has 0 aliphatic heterocycles. The number of Topliss-reactive ketones (excluding diaryl/α,β-unsaturated/α-hetero) is 1. The third-order valence-electron chi connectivity index (χ3n) is 8.11. The third-order valence-corrected chi connectivity index (χ3v) is 8.11. The Morgan fingerprint density at radius 3 is 1.16 bits per heavy atom. The predicted molar refractivity (Wildman–Crippen MR) is 221 cm³/mol. The van der Waals surface area contributed by atoms with Gasteiger partial charge in [0.15, 0.2) is 27.2 Å². The molecule has 16 heteroatoms. The second-order valence-electron chi connectivity index (χ2n) is 12.9. The molecule has 0 bridgehead atoms. The van der Waals surface area contributed by atoms with Gasteiger partial charge in [-0.3, -0.25) is 14.4 Å². The van der Waals surface area contributed by atoms with Crippen molar-refractivity contribution in [1.29, 1.82) is 0 Å². The van der Waals surface area contributed by atoms with Crippen molar-refractivity contribution in [3.05, 3.63) is 66.1 Å².